The third-order valence-corrected chi connectivity index (χ3v) is 4.71. The monoisotopic (exact) mass is 294 g/mol. The Morgan fingerprint density at radius 3 is 2.90 bits per heavy atom. The third-order valence-electron chi connectivity index (χ3n) is 3.60. The van der Waals surface area contributed by atoms with Crippen molar-refractivity contribution in [3.05, 3.63) is 15.5 Å². The minimum absolute atomic E-state index is 0.0374. The summed E-state index contributed by atoms with van der Waals surface area (Å²) >= 11 is 1.50. The molecule has 108 valence electrons. The van der Waals surface area contributed by atoms with E-state index in [0.717, 1.165) is 17.8 Å². The van der Waals surface area contributed by atoms with Gasteiger partial charge in [0.1, 0.15) is 5.01 Å². The summed E-state index contributed by atoms with van der Waals surface area (Å²) in [5.41, 5.74) is 8.33. The smallest absolute Gasteiger partial charge is 0.229 e. The number of aromatic nitrogens is 2. The molecule has 0 bridgehead atoms. The minimum atomic E-state index is 0.0374. The molecule has 1 aromatic rings. The molecule has 1 atom stereocenters. The Morgan fingerprint density at radius 1 is 1.50 bits per heavy atom. The van der Waals surface area contributed by atoms with Gasteiger partial charge in [0.2, 0.25) is 11.0 Å². The van der Waals surface area contributed by atoms with Crippen LogP contribution in [0.2, 0.25) is 0 Å². The standard InChI is InChI=1S/C12H18N6OS/c1-3-9(4-2)11-15-16-12(20-11)18-7-8(5-10(18)19)6-14-17-13/h8-9H,3-7H2,1-2H3. The van der Waals surface area contributed by atoms with E-state index in [1.54, 1.807) is 4.90 Å². The van der Waals surface area contributed by atoms with E-state index in [4.69, 9.17) is 5.53 Å². The van der Waals surface area contributed by atoms with Gasteiger partial charge < -0.3 is 0 Å². The van der Waals surface area contributed by atoms with Crippen LogP contribution in [-0.4, -0.2) is 29.2 Å². The summed E-state index contributed by atoms with van der Waals surface area (Å²) in [5, 5.41) is 13.6. The molecule has 2 heterocycles. The van der Waals surface area contributed by atoms with Gasteiger partial charge in [0.25, 0.3) is 0 Å². The lowest BCUT2D eigenvalue weighted by Gasteiger charge is -2.11. The molecular weight excluding hydrogens is 276 g/mol. The van der Waals surface area contributed by atoms with Crippen molar-refractivity contribution in [2.24, 2.45) is 11.0 Å². The van der Waals surface area contributed by atoms with E-state index in [-0.39, 0.29) is 11.8 Å². The fourth-order valence-corrected chi connectivity index (χ4v) is 3.52. The lowest BCUT2D eigenvalue weighted by atomic mass is 10.1. The number of nitrogens with zero attached hydrogens (tertiary/aromatic N) is 6. The second kappa shape index (κ2) is 6.67. The van der Waals surface area contributed by atoms with Gasteiger partial charge in [0, 0.05) is 30.3 Å². The highest BCUT2D eigenvalue weighted by molar-refractivity contribution is 7.15. The largest absolute Gasteiger partial charge is 0.286 e. The first kappa shape index (κ1) is 14.7. The second-order valence-corrected chi connectivity index (χ2v) is 5.91. The topological polar surface area (TPSA) is 94.8 Å². The average molecular weight is 294 g/mol. The molecule has 1 aliphatic heterocycles. The van der Waals surface area contributed by atoms with E-state index in [0.29, 0.717) is 30.6 Å². The molecule has 0 saturated carbocycles. The molecule has 0 radical (unpaired) electrons. The summed E-state index contributed by atoms with van der Waals surface area (Å²) < 4.78 is 0. The number of carbonyl (C=O) groups is 1. The number of azide groups is 1. The fraction of sp³-hybridized carbons (Fsp3) is 0.750. The Bertz CT molecular complexity index is 520. The van der Waals surface area contributed by atoms with Crippen LogP contribution in [0.5, 0.6) is 0 Å². The first-order chi connectivity index (χ1) is 9.69. The van der Waals surface area contributed by atoms with Crippen molar-refractivity contribution in [1.29, 1.82) is 0 Å². The van der Waals surface area contributed by atoms with Crippen LogP contribution >= 0.6 is 11.3 Å². The maximum absolute atomic E-state index is 12.0. The van der Waals surface area contributed by atoms with Crippen LogP contribution in [0.15, 0.2) is 5.11 Å². The number of hydrogen-bond donors (Lipinski definition) is 0. The normalized spacial score (nSPS) is 18.6. The van der Waals surface area contributed by atoms with Crippen LogP contribution in [0.1, 0.15) is 44.0 Å². The van der Waals surface area contributed by atoms with E-state index in [2.05, 4.69) is 34.1 Å². The summed E-state index contributed by atoms with van der Waals surface area (Å²) in [6, 6.07) is 0. The summed E-state index contributed by atoms with van der Waals surface area (Å²) in [5.74, 6) is 0.534. The molecule has 0 N–H and O–H groups in total. The number of hydrogen-bond acceptors (Lipinski definition) is 5. The minimum Gasteiger partial charge on any atom is -0.286 e. The quantitative estimate of drug-likeness (QED) is 0.458. The van der Waals surface area contributed by atoms with Gasteiger partial charge in [0.05, 0.1) is 0 Å². The highest BCUT2D eigenvalue weighted by Crippen LogP contribution is 2.32. The van der Waals surface area contributed by atoms with Gasteiger partial charge in [-0.05, 0) is 24.3 Å². The van der Waals surface area contributed by atoms with Crippen LogP contribution in [0.3, 0.4) is 0 Å². The zero-order chi connectivity index (χ0) is 14.5. The predicted molar refractivity (Wildman–Crippen MR) is 77.7 cm³/mol. The Labute approximate surface area is 121 Å². The molecule has 7 nitrogen and oxygen atoms in total. The van der Waals surface area contributed by atoms with Crippen LogP contribution < -0.4 is 4.90 Å². The maximum Gasteiger partial charge on any atom is 0.229 e. The second-order valence-electron chi connectivity index (χ2n) is 4.92. The summed E-state index contributed by atoms with van der Waals surface area (Å²) in [6.07, 6.45) is 2.47. The van der Waals surface area contributed by atoms with Gasteiger partial charge in [-0.15, -0.1) is 10.2 Å². The molecule has 20 heavy (non-hydrogen) atoms. The van der Waals surface area contributed by atoms with Crippen molar-refractivity contribution >= 4 is 22.4 Å². The molecule has 1 aliphatic rings. The fourth-order valence-electron chi connectivity index (χ4n) is 2.38. The van der Waals surface area contributed by atoms with Gasteiger partial charge in [-0.1, -0.05) is 30.3 Å². The average Bonchev–Trinajstić information content (AvgIpc) is 3.05. The van der Waals surface area contributed by atoms with Crippen LogP contribution in [0.4, 0.5) is 5.13 Å². The lowest BCUT2D eigenvalue weighted by Crippen LogP contribution is -2.24. The molecule has 0 spiro atoms. The van der Waals surface area contributed by atoms with Crippen molar-refractivity contribution in [2.45, 2.75) is 39.0 Å². The van der Waals surface area contributed by atoms with E-state index in [1.165, 1.54) is 11.3 Å². The van der Waals surface area contributed by atoms with E-state index in [1.807, 2.05) is 0 Å². The van der Waals surface area contributed by atoms with Crippen LogP contribution in [0, 0.1) is 5.92 Å². The molecule has 1 fully saturated rings. The number of carbonyl (C=O) groups excluding carboxylic acids is 1. The first-order valence-electron chi connectivity index (χ1n) is 6.84. The highest BCUT2D eigenvalue weighted by atomic mass is 32.1. The lowest BCUT2D eigenvalue weighted by molar-refractivity contribution is -0.117. The molecule has 2 rings (SSSR count). The van der Waals surface area contributed by atoms with Crippen LogP contribution in [-0.2, 0) is 4.79 Å². The maximum atomic E-state index is 12.0. The van der Waals surface area contributed by atoms with E-state index >= 15 is 0 Å². The number of anilines is 1. The first-order valence-corrected chi connectivity index (χ1v) is 7.65. The SMILES string of the molecule is CCC(CC)c1nnc(N2CC(CN=[N+]=[N-])CC2=O)s1. The Morgan fingerprint density at radius 2 is 2.25 bits per heavy atom. The zero-order valence-electron chi connectivity index (χ0n) is 11.7. The third kappa shape index (κ3) is 3.08. The summed E-state index contributed by atoms with van der Waals surface area (Å²) in [6.45, 7) is 5.19. The highest BCUT2D eigenvalue weighted by Gasteiger charge is 2.32. The Kier molecular flexibility index (Phi) is 4.92. The van der Waals surface area contributed by atoms with Gasteiger partial charge >= 0.3 is 0 Å². The van der Waals surface area contributed by atoms with Gasteiger partial charge in [-0.25, -0.2) is 0 Å². The molecule has 0 aliphatic carbocycles. The molecule has 0 aromatic carbocycles. The van der Waals surface area contributed by atoms with Crippen molar-refractivity contribution in [3.63, 3.8) is 0 Å². The zero-order valence-corrected chi connectivity index (χ0v) is 12.5. The van der Waals surface area contributed by atoms with E-state index < -0.39 is 0 Å². The van der Waals surface area contributed by atoms with Crippen molar-refractivity contribution in [3.8, 4) is 0 Å². The molecule has 1 saturated heterocycles. The number of amides is 1. The Balaban J connectivity index is 2.08. The van der Waals surface area contributed by atoms with Crippen molar-refractivity contribution in [1.82, 2.24) is 10.2 Å². The predicted octanol–water partition coefficient (Wildman–Crippen LogP) is 3.10. The van der Waals surface area contributed by atoms with Gasteiger partial charge in [0.15, 0.2) is 0 Å². The number of rotatable bonds is 6. The van der Waals surface area contributed by atoms with Gasteiger partial charge in [-0.2, -0.15) is 0 Å². The molecule has 1 unspecified atom stereocenters. The van der Waals surface area contributed by atoms with Crippen molar-refractivity contribution < 1.29 is 4.79 Å². The molecule has 1 amide bonds. The molecule has 1 aromatic heterocycles. The van der Waals surface area contributed by atoms with E-state index in [9.17, 15) is 4.79 Å². The van der Waals surface area contributed by atoms with Gasteiger partial charge in [-0.3, -0.25) is 9.69 Å². The molecule has 8 heteroatoms. The summed E-state index contributed by atoms with van der Waals surface area (Å²) in [4.78, 5) is 16.4. The Hall–Kier alpha value is -1.66. The summed E-state index contributed by atoms with van der Waals surface area (Å²) in [7, 11) is 0. The van der Waals surface area contributed by atoms with Crippen LogP contribution in [0.25, 0.3) is 10.4 Å². The van der Waals surface area contributed by atoms with Crippen molar-refractivity contribution in [2.75, 3.05) is 18.0 Å². The molecular formula is C12H18N6OS.